The zero-order valence-corrected chi connectivity index (χ0v) is 16.0. The van der Waals surface area contributed by atoms with E-state index in [-0.39, 0.29) is 17.6 Å². The number of aromatic nitrogens is 2. The van der Waals surface area contributed by atoms with E-state index in [1.165, 1.54) is 5.56 Å². The van der Waals surface area contributed by atoms with Crippen molar-refractivity contribution in [2.75, 3.05) is 26.8 Å². The first kappa shape index (κ1) is 18.4. The van der Waals surface area contributed by atoms with Crippen LogP contribution in [0.5, 0.6) is 0 Å². The normalized spacial score (nSPS) is 23.2. The number of likely N-dealkylation sites (tertiary alicyclic amines) is 1. The Kier molecular flexibility index (Phi) is 5.49. The summed E-state index contributed by atoms with van der Waals surface area (Å²) in [5, 5.41) is 4.44. The van der Waals surface area contributed by atoms with Crippen LogP contribution in [0.3, 0.4) is 0 Å². The van der Waals surface area contributed by atoms with Crippen LogP contribution in [0.1, 0.15) is 49.1 Å². The van der Waals surface area contributed by atoms with Gasteiger partial charge in [-0.1, -0.05) is 0 Å². The van der Waals surface area contributed by atoms with E-state index in [0.717, 1.165) is 63.2 Å². The van der Waals surface area contributed by atoms with Crippen molar-refractivity contribution in [3.8, 4) is 0 Å². The highest BCUT2D eigenvalue weighted by Crippen LogP contribution is 2.37. The number of carbonyl (C=O) groups excluding carboxylic acids is 1. The Labute approximate surface area is 150 Å². The van der Waals surface area contributed by atoms with Crippen LogP contribution in [-0.4, -0.2) is 59.1 Å². The van der Waals surface area contributed by atoms with E-state index in [9.17, 15) is 4.79 Å². The molecule has 1 atom stereocenters. The highest BCUT2D eigenvalue weighted by Gasteiger charge is 2.45. The van der Waals surface area contributed by atoms with Crippen molar-refractivity contribution >= 4 is 5.91 Å². The maximum Gasteiger partial charge on any atom is 0.222 e. The molecule has 2 aliphatic heterocycles. The van der Waals surface area contributed by atoms with Gasteiger partial charge >= 0.3 is 0 Å². The van der Waals surface area contributed by atoms with E-state index in [1.807, 2.05) is 23.6 Å². The number of hydrogen-bond acceptors (Lipinski definition) is 4. The van der Waals surface area contributed by atoms with Crippen molar-refractivity contribution in [2.24, 2.45) is 7.05 Å². The topological polar surface area (TPSA) is 56.6 Å². The van der Waals surface area contributed by atoms with Gasteiger partial charge in [0.2, 0.25) is 5.91 Å². The molecule has 1 unspecified atom stereocenters. The second-order valence-corrected chi connectivity index (χ2v) is 7.43. The summed E-state index contributed by atoms with van der Waals surface area (Å²) in [6.45, 7) is 6.43. The van der Waals surface area contributed by atoms with Gasteiger partial charge in [0, 0.05) is 46.0 Å². The summed E-state index contributed by atoms with van der Waals surface area (Å²) in [7, 11) is 3.73. The quantitative estimate of drug-likeness (QED) is 0.836. The van der Waals surface area contributed by atoms with Gasteiger partial charge in [-0.15, -0.1) is 0 Å². The molecule has 2 saturated heterocycles. The molecule has 3 heterocycles. The van der Waals surface area contributed by atoms with Gasteiger partial charge < -0.3 is 14.4 Å². The van der Waals surface area contributed by atoms with Gasteiger partial charge in [-0.25, -0.2) is 0 Å². The molecule has 0 aromatic carbocycles. The molecule has 25 heavy (non-hydrogen) atoms. The molecular formula is C19H31N3O3. The summed E-state index contributed by atoms with van der Waals surface area (Å²) < 4.78 is 13.7. The Balaban J connectivity index is 1.55. The Bertz CT molecular complexity index is 618. The Morgan fingerprint density at radius 2 is 2.08 bits per heavy atom. The van der Waals surface area contributed by atoms with Gasteiger partial charge in [0.05, 0.1) is 17.4 Å². The molecule has 2 fully saturated rings. The maximum atomic E-state index is 12.6. The molecule has 1 spiro atoms. The molecule has 0 N–H and O–H groups in total. The molecule has 6 nitrogen and oxygen atoms in total. The Morgan fingerprint density at radius 3 is 2.68 bits per heavy atom. The lowest BCUT2D eigenvalue weighted by Crippen LogP contribution is -2.56. The van der Waals surface area contributed by atoms with Gasteiger partial charge in [0.25, 0.3) is 0 Å². The van der Waals surface area contributed by atoms with Crippen LogP contribution in [0.2, 0.25) is 0 Å². The fourth-order valence-corrected chi connectivity index (χ4v) is 4.40. The second-order valence-electron chi connectivity index (χ2n) is 7.43. The minimum Gasteiger partial charge on any atom is -0.378 e. The van der Waals surface area contributed by atoms with Gasteiger partial charge in [0.15, 0.2) is 0 Å². The van der Waals surface area contributed by atoms with Crippen molar-refractivity contribution in [3.63, 3.8) is 0 Å². The first-order valence-electron chi connectivity index (χ1n) is 9.40. The molecule has 0 bridgehead atoms. The standard InChI is InChI=1S/C19H31N3O3/c1-14-16(15(2)21(3)20-14)7-8-18(23)22-11-9-19(10-12-22)17(24-4)6-5-13-25-19/h17H,5-13H2,1-4H3. The lowest BCUT2D eigenvalue weighted by molar-refractivity contribution is -0.188. The minimum absolute atomic E-state index is 0.166. The van der Waals surface area contributed by atoms with Crippen LogP contribution in [-0.2, 0) is 27.7 Å². The third-order valence-corrected chi connectivity index (χ3v) is 6.08. The van der Waals surface area contributed by atoms with Gasteiger partial charge in [0.1, 0.15) is 0 Å². The Morgan fingerprint density at radius 1 is 1.36 bits per heavy atom. The summed E-state index contributed by atoms with van der Waals surface area (Å²) in [5.41, 5.74) is 3.21. The number of ether oxygens (including phenoxy) is 2. The average Bonchev–Trinajstić information content (AvgIpc) is 2.86. The monoisotopic (exact) mass is 349 g/mol. The summed E-state index contributed by atoms with van der Waals surface area (Å²) >= 11 is 0. The minimum atomic E-state index is -0.180. The SMILES string of the molecule is COC1CCCOC12CCN(C(=O)CCc1c(C)nn(C)c1C)CC2. The highest BCUT2D eigenvalue weighted by molar-refractivity contribution is 5.76. The third-order valence-electron chi connectivity index (χ3n) is 6.08. The van der Waals surface area contributed by atoms with Crippen molar-refractivity contribution in [3.05, 3.63) is 17.0 Å². The lowest BCUT2D eigenvalue weighted by atomic mass is 9.81. The number of hydrogen-bond donors (Lipinski definition) is 0. The third kappa shape index (κ3) is 3.60. The molecule has 1 amide bonds. The zero-order valence-electron chi connectivity index (χ0n) is 16.0. The fourth-order valence-electron chi connectivity index (χ4n) is 4.40. The molecule has 6 heteroatoms. The fraction of sp³-hybridized carbons (Fsp3) is 0.789. The summed E-state index contributed by atoms with van der Waals surface area (Å²) in [6.07, 6.45) is 5.36. The van der Waals surface area contributed by atoms with Crippen LogP contribution < -0.4 is 0 Å². The molecule has 1 aromatic rings. The van der Waals surface area contributed by atoms with E-state index in [0.29, 0.717) is 6.42 Å². The average molecular weight is 349 g/mol. The molecular weight excluding hydrogens is 318 g/mol. The second kappa shape index (κ2) is 7.46. The van der Waals surface area contributed by atoms with E-state index >= 15 is 0 Å². The van der Waals surface area contributed by atoms with Crippen LogP contribution in [0.15, 0.2) is 0 Å². The zero-order chi connectivity index (χ0) is 18.0. The summed E-state index contributed by atoms with van der Waals surface area (Å²) in [5.74, 6) is 0.238. The van der Waals surface area contributed by atoms with Gasteiger partial charge in [-0.3, -0.25) is 9.48 Å². The Hall–Kier alpha value is -1.40. The first-order chi connectivity index (χ1) is 12.0. The molecule has 2 aliphatic rings. The number of carbonyl (C=O) groups is 1. The number of piperidine rings is 1. The number of amides is 1. The van der Waals surface area contributed by atoms with E-state index in [4.69, 9.17) is 9.47 Å². The van der Waals surface area contributed by atoms with Gasteiger partial charge in [-0.2, -0.15) is 5.10 Å². The lowest BCUT2D eigenvalue weighted by Gasteiger charge is -2.48. The molecule has 3 rings (SSSR count). The highest BCUT2D eigenvalue weighted by atomic mass is 16.5. The summed E-state index contributed by atoms with van der Waals surface area (Å²) in [6, 6.07) is 0. The smallest absolute Gasteiger partial charge is 0.222 e. The number of methoxy groups -OCH3 is 1. The molecule has 140 valence electrons. The van der Waals surface area contributed by atoms with Crippen molar-refractivity contribution in [1.29, 1.82) is 0 Å². The van der Waals surface area contributed by atoms with Crippen molar-refractivity contribution in [2.45, 2.75) is 64.1 Å². The predicted molar refractivity (Wildman–Crippen MR) is 95.5 cm³/mol. The number of aryl methyl sites for hydroxylation is 2. The van der Waals surface area contributed by atoms with Crippen LogP contribution in [0, 0.1) is 13.8 Å². The number of nitrogens with zero attached hydrogens (tertiary/aromatic N) is 3. The molecule has 0 saturated carbocycles. The largest absolute Gasteiger partial charge is 0.378 e. The molecule has 1 aromatic heterocycles. The van der Waals surface area contributed by atoms with E-state index in [2.05, 4.69) is 12.0 Å². The van der Waals surface area contributed by atoms with Crippen LogP contribution in [0.4, 0.5) is 0 Å². The van der Waals surface area contributed by atoms with Crippen LogP contribution in [0.25, 0.3) is 0 Å². The number of rotatable bonds is 4. The predicted octanol–water partition coefficient (Wildman–Crippen LogP) is 2.16. The maximum absolute atomic E-state index is 12.6. The van der Waals surface area contributed by atoms with Crippen molar-refractivity contribution < 1.29 is 14.3 Å². The first-order valence-corrected chi connectivity index (χ1v) is 9.40. The van der Waals surface area contributed by atoms with Crippen molar-refractivity contribution in [1.82, 2.24) is 14.7 Å². The van der Waals surface area contributed by atoms with E-state index in [1.54, 1.807) is 7.11 Å². The summed E-state index contributed by atoms with van der Waals surface area (Å²) in [4.78, 5) is 14.6. The molecule has 0 aliphatic carbocycles. The van der Waals surface area contributed by atoms with Crippen LogP contribution >= 0.6 is 0 Å². The molecule has 0 radical (unpaired) electrons. The van der Waals surface area contributed by atoms with E-state index < -0.39 is 0 Å². The van der Waals surface area contributed by atoms with Gasteiger partial charge in [-0.05, 0) is 51.5 Å².